The summed E-state index contributed by atoms with van der Waals surface area (Å²) in [6.07, 6.45) is 2.59. The lowest BCUT2D eigenvalue weighted by molar-refractivity contribution is -0.124. The SMILES string of the molecule is Cl.O=C(CC1CCCN1)NCC(=O)Nc1ccccc1. The summed E-state index contributed by atoms with van der Waals surface area (Å²) in [7, 11) is 0. The second kappa shape index (κ2) is 8.55. The summed E-state index contributed by atoms with van der Waals surface area (Å²) in [5.74, 6) is -0.290. The van der Waals surface area contributed by atoms with Crippen LogP contribution in [0.5, 0.6) is 0 Å². The first kappa shape index (κ1) is 16.5. The number of carbonyl (C=O) groups is 2. The van der Waals surface area contributed by atoms with Gasteiger partial charge in [-0.2, -0.15) is 0 Å². The van der Waals surface area contributed by atoms with E-state index in [1.165, 1.54) is 0 Å². The summed E-state index contributed by atoms with van der Waals surface area (Å²) in [4.78, 5) is 23.2. The lowest BCUT2D eigenvalue weighted by atomic mass is 10.1. The van der Waals surface area contributed by atoms with E-state index in [1.807, 2.05) is 30.3 Å². The van der Waals surface area contributed by atoms with Gasteiger partial charge in [0.15, 0.2) is 0 Å². The van der Waals surface area contributed by atoms with Crippen LogP contribution < -0.4 is 16.0 Å². The smallest absolute Gasteiger partial charge is 0.243 e. The minimum absolute atomic E-state index is 0. The number of rotatable bonds is 5. The maximum absolute atomic E-state index is 11.6. The van der Waals surface area contributed by atoms with E-state index in [1.54, 1.807) is 0 Å². The van der Waals surface area contributed by atoms with Gasteiger partial charge in [0.25, 0.3) is 0 Å². The zero-order valence-electron chi connectivity index (χ0n) is 11.2. The molecule has 1 aromatic carbocycles. The zero-order chi connectivity index (χ0) is 13.5. The number of amides is 2. The molecule has 1 fully saturated rings. The van der Waals surface area contributed by atoms with Crippen LogP contribution in [0.15, 0.2) is 30.3 Å². The highest BCUT2D eigenvalue weighted by Gasteiger charge is 2.17. The summed E-state index contributed by atoms with van der Waals surface area (Å²) in [5.41, 5.74) is 0.735. The first-order valence-electron chi connectivity index (χ1n) is 6.59. The monoisotopic (exact) mass is 297 g/mol. The third kappa shape index (κ3) is 5.59. The van der Waals surface area contributed by atoms with E-state index in [2.05, 4.69) is 16.0 Å². The highest BCUT2D eigenvalue weighted by molar-refractivity contribution is 5.94. The zero-order valence-corrected chi connectivity index (χ0v) is 12.0. The van der Waals surface area contributed by atoms with Crippen molar-refractivity contribution in [2.24, 2.45) is 0 Å². The number of para-hydroxylation sites is 1. The largest absolute Gasteiger partial charge is 0.347 e. The van der Waals surface area contributed by atoms with Crippen LogP contribution in [-0.2, 0) is 9.59 Å². The third-order valence-corrected chi connectivity index (χ3v) is 3.10. The van der Waals surface area contributed by atoms with Gasteiger partial charge in [-0.3, -0.25) is 9.59 Å². The Kier molecular flexibility index (Phi) is 7.04. The molecule has 1 atom stereocenters. The molecule has 6 heteroatoms. The average molecular weight is 298 g/mol. The molecule has 110 valence electrons. The highest BCUT2D eigenvalue weighted by Crippen LogP contribution is 2.08. The molecule has 1 saturated heterocycles. The molecule has 0 bridgehead atoms. The van der Waals surface area contributed by atoms with Gasteiger partial charge in [-0.1, -0.05) is 18.2 Å². The van der Waals surface area contributed by atoms with Gasteiger partial charge in [0.1, 0.15) is 0 Å². The van der Waals surface area contributed by atoms with Crippen molar-refractivity contribution in [1.29, 1.82) is 0 Å². The van der Waals surface area contributed by atoms with Crippen molar-refractivity contribution in [3.8, 4) is 0 Å². The van der Waals surface area contributed by atoms with E-state index in [0.717, 1.165) is 25.1 Å². The van der Waals surface area contributed by atoms with Gasteiger partial charge < -0.3 is 16.0 Å². The molecular formula is C14H20ClN3O2. The van der Waals surface area contributed by atoms with Crippen LogP contribution in [0.4, 0.5) is 5.69 Å². The average Bonchev–Trinajstić information content (AvgIpc) is 2.90. The molecule has 1 aromatic rings. The Morgan fingerprint density at radius 3 is 2.60 bits per heavy atom. The van der Waals surface area contributed by atoms with Crippen LogP contribution in [-0.4, -0.2) is 30.9 Å². The maximum atomic E-state index is 11.6. The second-order valence-corrected chi connectivity index (χ2v) is 4.69. The number of hydrogen-bond acceptors (Lipinski definition) is 3. The maximum Gasteiger partial charge on any atom is 0.243 e. The van der Waals surface area contributed by atoms with Crippen molar-refractivity contribution in [2.45, 2.75) is 25.3 Å². The van der Waals surface area contributed by atoms with E-state index < -0.39 is 0 Å². The first-order valence-corrected chi connectivity index (χ1v) is 6.59. The summed E-state index contributed by atoms with van der Waals surface area (Å²) >= 11 is 0. The van der Waals surface area contributed by atoms with Crippen LogP contribution >= 0.6 is 12.4 Å². The van der Waals surface area contributed by atoms with Crippen LogP contribution in [0, 0.1) is 0 Å². The van der Waals surface area contributed by atoms with Crippen molar-refractivity contribution >= 4 is 29.9 Å². The van der Waals surface area contributed by atoms with Crippen LogP contribution in [0.2, 0.25) is 0 Å². The third-order valence-electron chi connectivity index (χ3n) is 3.10. The topological polar surface area (TPSA) is 70.2 Å². The fourth-order valence-electron chi connectivity index (χ4n) is 2.13. The summed E-state index contributed by atoms with van der Waals surface area (Å²) < 4.78 is 0. The van der Waals surface area contributed by atoms with Crippen molar-refractivity contribution in [2.75, 3.05) is 18.4 Å². The standard InChI is InChI=1S/C14H19N3O2.ClH/c18-13(9-12-7-4-8-15-12)16-10-14(19)17-11-5-2-1-3-6-11;/h1-3,5-6,12,15H,4,7-10H2,(H,16,18)(H,17,19);1H. The minimum atomic E-state index is -0.209. The minimum Gasteiger partial charge on any atom is -0.347 e. The van der Waals surface area contributed by atoms with Gasteiger partial charge in [0.2, 0.25) is 11.8 Å². The summed E-state index contributed by atoms with van der Waals surface area (Å²) in [6.45, 7) is 0.993. The lowest BCUT2D eigenvalue weighted by Gasteiger charge is -2.10. The molecule has 0 spiro atoms. The molecule has 2 amide bonds. The van der Waals surface area contributed by atoms with Gasteiger partial charge in [0, 0.05) is 18.2 Å². The van der Waals surface area contributed by atoms with Gasteiger partial charge >= 0.3 is 0 Å². The Morgan fingerprint density at radius 1 is 1.20 bits per heavy atom. The number of benzene rings is 1. The van der Waals surface area contributed by atoms with E-state index in [-0.39, 0.29) is 36.8 Å². The Balaban J connectivity index is 0.00000200. The van der Waals surface area contributed by atoms with Crippen molar-refractivity contribution in [3.63, 3.8) is 0 Å². The molecule has 0 aromatic heterocycles. The van der Waals surface area contributed by atoms with Crippen LogP contribution in [0.25, 0.3) is 0 Å². The molecule has 20 heavy (non-hydrogen) atoms. The van der Waals surface area contributed by atoms with Gasteiger partial charge in [0.05, 0.1) is 6.54 Å². The Labute approximate surface area is 124 Å². The molecule has 3 N–H and O–H groups in total. The van der Waals surface area contributed by atoms with Crippen LogP contribution in [0.3, 0.4) is 0 Å². The summed E-state index contributed by atoms with van der Waals surface area (Å²) in [5, 5.41) is 8.61. The quantitative estimate of drug-likeness (QED) is 0.767. The van der Waals surface area contributed by atoms with Crippen molar-refractivity contribution in [1.82, 2.24) is 10.6 Å². The number of halogens is 1. The molecule has 2 rings (SSSR count). The van der Waals surface area contributed by atoms with E-state index in [0.29, 0.717) is 6.42 Å². The number of anilines is 1. The molecule has 1 aliphatic heterocycles. The fraction of sp³-hybridized carbons (Fsp3) is 0.429. The molecule has 5 nitrogen and oxygen atoms in total. The number of nitrogens with one attached hydrogen (secondary N) is 3. The van der Waals surface area contributed by atoms with E-state index >= 15 is 0 Å². The van der Waals surface area contributed by atoms with E-state index in [4.69, 9.17) is 0 Å². The van der Waals surface area contributed by atoms with Crippen LogP contribution in [0.1, 0.15) is 19.3 Å². The molecular weight excluding hydrogens is 278 g/mol. The number of hydrogen-bond donors (Lipinski definition) is 3. The molecule has 0 aliphatic carbocycles. The lowest BCUT2D eigenvalue weighted by Crippen LogP contribution is -2.36. The Bertz CT molecular complexity index is 433. The molecule has 1 heterocycles. The van der Waals surface area contributed by atoms with Gasteiger partial charge in [-0.25, -0.2) is 0 Å². The Hall–Kier alpha value is -1.59. The fourth-order valence-corrected chi connectivity index (χ4v) is 2.13. The Morgan fingerprint density at radius 2 is 1.95 bits per heavy atom. The molecule has 1 aliphatic rings. The van der Waals surface area contributed by atoms with Gasteiger partial charge in [-0.05, 0) is 31.5 Å². The van der Waals surface area contributed by atoms with E-state index in [9.17, 15) is 9.59 Å². The first-order chi connectivity index (χ1) is 9.24. The molecule has 0 saturated carbocycles. The van der Waals surface area contributed by atoms with Gasteiger partial charge in [-0.15, -0.1) is 12.4 Å². The molecule has 1 unspecified atom stereocenters. The number of carbonyl (C=O) groups excluding carboxylic acids is 2. The van der Waals surface area contributed by atoms with Crippen molar-refractivity contribution < 1.29 is 9.59 Å². The molecule has 0 radical (unpaired) electrons. The predicted molar refractivity (Wildman–Crippen MR) is 81.0 cm³/mol. The predicted octanol–water partition coefficient (Wildman–Crippen LogP) is 1.31. The highest BCUT2D eigenvalue weighted by atomic mass is 35.5. The van der Waals surface area contributed by atoms with Crippen molar-refractivity contribution in [3.05, 3.63) is 30.3 Å². The summed E-state index contributed by atoms with van der Waals surface area (Å²) in [6, 6.07) is 9.45. The second-order valence-electron chi connectivity index (χ2n) is 4.69. The normalized spacial score (nSPS) is 17.1.